The molecule has 0 saturated heterocycles. The molecule has 9 nitrogen and oxygen atoms in total. The number of phenols is 2. The van der Waals surface area contributed by atoms with Crippen molar-refractivity contribution in [1.29, 1.82) is 0 Å². The van der Waals surface area contributed by atoms with Crippen molar-refractivity contribution in [3.8, 4) is 34.3 Å². The molecule has 0 atom stereocenters. The molecular weight excluding hydrogens is 340 g/mol. The molecule has 2 heterocycles. The molecule has 2 aromatic heterocycles. The lowest BCUT2D eigenvalue weighted by Gasteiger charge is -2.01. The molecule has 2 N–H and O–H groups in total. The highest BCUT2D eigenvalue weighted by molar-refractivity contribution is 6.31. The second-order valence-electron chi connectivity index (χ2n) is 4.83. The van der Waals surface area contributed by atoms with Gasteiger partial charge in [-0.15, -0.1) is 0 Å². The molecule has 0 bridgehead atoms. The number of nitro benzene ring substituents is 1. The van der Waals surface area contributed by atoms with Gasteiger partial charge in [0.25, 0.3) is 5.89 Å². The van der Waals surface area contributed by atoms with Gasteiger partial charge in [-0.1, -0.05) is 16.8 Å². The van der Waals surface area contributed by atoms with Crippen molar-refractivity contribution in [1.82, 2.24) is 15.1 Å². The normalized spacial score (nSPS) is 10.8. The van der Waals surface area contributed by atoms with Crippen LogP contribution in [0.3, 0.4) is 0 Å². The van der Waals surface area contributed by atoms with Gasteiger partial charge in [0.2, 0.25) is 11.6 Å². The van der Waals surface area contributed by atoms with E-state index in [4.69, 9.17) is 16.1 Å². The fourth-order valence-corrected chi connectivity index (χ4v) is 2.28. The minimum Gasteiger partial charge on any atom is -0.504 e. The first-order valence-corrected chi connectivity index (χ1v) is 6.92. The number of nitrogens with zero attached hydrogens (tertiary/aromatic N) is 4. The zero-order valence-corrected chi connectivity index (χ0v) is 12.9. The maximum absolute atomic E-state index is 10.9. The number of aromatic nitrogens is 3. The third kappa shape index (κ3) is 2.72. The molecule has 3 aromatic rings. The van der Waals surface area contributed by atoms with Crippen molar-refractivity contribution in [2.45, 2.75) is 6.92 Å². The summed E-state index contributed by atoms with van der Waals surface area (Å²) in [5, 5.41) is 33.9. The molecule has 0 aliphatic rings. The van der Waals surface area contributed by atoms with Crippen LogP contribution in [-0.4, -0.2) is 30.3 Å². The Hall–Kier alpha value is -3.20. The Morgan fingerprint density at radius 3 is 2.67 bits per heavy atom. The van der Waals surface area contributed by atoms with Gasteiger partial charge in [0.05, 0.1) is 10.5 Å². The van der Waals surface area contributed by atoms with E-state index >= 15 is 0 Å². The highest BCUT2D eigenvalue weighted by Crippen LogP contribution is 2.39. The van der Waals surface area contributed by atoms with E-state index in [2.05, 4.69) is 15.1 Å². The Balaban J connectivity index is 2.07. The summed E-state index contributed by atoms with van der Waals surface area (Å²) in [5.74, 6) is -1.45. The van der Waals surface area contributed by atoms with E-state index in [-0.39, 0.29) is 22.4 Å². The third-order valence-corrected chi connectivity index (χ3v) is 3.46. The van der Waals surface area contributed by atoms with Crippen molar-refractivity contribution in [2.24, 2.45) is 0 Å². The summed E-state index contributed by atoms with van der Waals surface area (Å²) in [4.78, 5) is 18.2. The number of rotatable bonds is 3. The molecule has 1 aromatic carbocycles. The summed E-state index contributed by atoms with van der Waals surface area (Å²) < 4.78 is 5.10. The highest BCUT2D eigenvalue weighted by atomic mass is 35.5. The summed E-state index contributed by atoms with van der Waals surface area (Å²) in [6.45, 7) is 1.77. The predicted octanol–water partition coefficient (Wildman–Crippen LogP) is 3.08. The number of nitro groups is 1. The molecule has 0 fully saturated rings. The third-order valence-electron chi connectivity index (χ3n) is 3.17. The number of hydrogen-bond donors (Lipinski definition) is 2. The van der Waals surface area contributed by atoms with Gasteiger partial charge in [-0.3, -0.25) is 10.1 Å². The molecule has 24 heavy (non-hydrogen) atoms. The Morgan fingerprint density at radius 1 is 1.25 bits per heavy atom. The number of hydrogen-bond acceptors (Lipinski definition) is 8. The van der Waals surface area contributed by atoms with Gasteiger partial charge in [-0.25, -0.2) is 4.98 Å². The number of aryl methyl sites for hydroxylation is 1. The van der Waals surface area contributed by atoms with Gasteiger partial charge in [-0.05, 0) is 25.1 Å². The van der Waals surface area contributed by atoms with E-state index in [1.165, 1.54) is 0 Å². The number of aromatic hydroxyl groups is 2. The molecule has 0 spiro atoms. The van der Waals surface area contributed by atoms with E-state index < -0.39 is 22.1 Å². The van der Waals surface area contributed by atoms with Gasteiger partial charge < -0.3 is 14.7 Å². The quantitative estimate of drug-likeness (QED) is 0.319. The van der Waals surface area contributed by atoms with E-state index in [9.17, 15) is 20.3 Å². The van der Waals surface area contributed by atoms with Crippen LogP contribution in [0.15, 0.2) is 28.8 Å². The van der Waals surface area contributed by atoms with Gasteiger partial charge >= 0.3 is 5.69 Å². The van der Waals surface area contributed by atoms with Crippen molar-refractivity contribution in [2.75, 3.05) is 0 Å². The molecule has 0 unspecified atom stereocenters. The van der Waals surface area contributed by atoms with Crippen LogP contribution >= 0.6 is 11.6 Å². The molecule has 0 aliphatic heterocycles. The molecule has 122 valence electrons. The Kier molecular flexibility index (Phi) is 3.78. The molecule has 0 radical (unpaired) electrons. The van der Waals surface area contributed by atoms with E-state index in [0.717, 1.165) is 12.1 Å². The van der Waals surface area contributed by atoms with Crippen LogP contribution in [0, 0.1) is 17.0 Å². The Labute approximate surface area is 139 Å². The van der Waals surface area contributed by atoms with Crippen molar-refractivity contribution in [3.05, 3.63) is 45.2 Å². The summed E-state index contributed by atoms with van der Waals surface area (Å²) in [7, 11) is 0. The zero-order valence-electron chi connectivity index (χ0n) is 12.1. The van der Waals surface area contributed by atoms with Crippen molar-refractivity contribution in [3.63, 3.8) is 0 Å². The van der Waals surface area contributed by atoms with Crippen molar-refractivity contribution < 1.29 is 19.7 Å². The second kappa shape index (κ2) is 5.78. The number of benzene rings is 1. The molecule has 10 heteroatoms. The monoisotopic (exact) mass is 348 g/mol. The Bertz CT molecular complexity index is 956. The minimum absolute atomic E-state index is 0.0139. The first-order chi connectivity index (χ1) is 11.4. The van der Waals surface area contributed by atoms with Gasteiger partial charge in [-0.2, -0.15) is 4.98 Å². The second-order valence-corrected chi connectivity index (χ2v) is 5.19. The van der Waals surface area contributed by atoms with Gasteiger partial charge in [0, 0.05) is 17.3 Å². The number of phenolic OH excluding ortho intramolecular Hbond substituents is 2. The van der Waals surface area contributed by atoms with Gasteiger partial charge in [0.1, 0.15) is 5.15 Å². The summed E-state index contributed by atoms with van der Waals surface area (Å²) in [6.07, 6.45) is 0. The van der Waals surface area contributed by atoms with Gasteiger partial charge in [0.15, 0.2) is 5.75 Å². The first-order valence-electron chi connectivity index (χ1n) is 6.55. The van der Waals surface area contributed by atoms with Crippen LogP contribution in [-0.2, 0) is 0 Å². The summed E-state index contributed by atoms with van der Waals surface area (Å²) >= 11 is 6.03. The smallest absolute Gasteiger partial charge is 0.315 e. The predicted molar refractivity (Wildman–Crippen MR) is 82.7 cm³/mol. The van der Waals surface area contributed by atoms with Crippen molar-refractivity contribution >= 4 is 17.3 Å². The van der Waals surface area contributed by atoms with E-state index in [1.54, 1.807) is 19.1 Å². The molecule has 3 rings (SSSR count). The van der Waals surface area contributed by atoms with Crippen LogP contribution < -0.4 is 0 Å². The SMILES string of the molecule is Cc1ccc(-c2nc(-c3cc(O)c(O)c([N+](=O)[O-])c3)no2)c(Cl)n1. The first kappa shape index (κ1) is 15.7. The zero-order chi connectivity index (χ0) is 17.4. The number of halogens is 1. The van der Waals surface area contributed by atoms with Crippen LogP contribution in [0.25, 0.3) is 22.8 Å². The van der Waals surface area contributed by atoms with Crippen LogP contribution in [0.4, 0.5) is 5.69 Å². The average Bonchev–Trinajstić information content (AvgIpc) is 2.99. The lowest BCUT2D eigenvalue weighted by Crippen LogP contribution is -1.91. The lowest BCUT2D eigenvalue weighted by molar-refractivity contribution is -0.385. The largest absolute Gasteiger partial charge is 0.504 e. The lowest BCUT2D eigenvalue weighted by atomic mass is 10.1. The fourth-order valence-electron chi connectivity index (χ4n) is 2.01. The highest BCUT2D eigenvalue weighted by Gasteiger charge is 2.22. The van der Waals surface area contributed by atoms with E-state index in [0.29, 0.717) is 11.3 Å². The average molecular weight is 349 g/mol. The standard InChI is InChI=1S/C14H9ClN4O5/c1-6-2-3-8(12(15)16-6)14-17-13(18-24-14)7-4-9(19(22)23)11(21)10(20)5-7/h2-5,20-21H,1H3. The van der Waals surface area contributed by atoms with Crippen LogP contribution in [0.2, 0.25) is 5.15 Å². The molecule has 0 amide bonds. The fraction of sp³-hybridized carbons (Fsp3) is 0.0714. The van der Waals surface area contributed by atoms with Crippen LogP contribution in [0.5, 0.6) is 11.5 Å². The topological polar surface area (TPSA) is 135 Å². The van der Waals surface area contributed by atoms with E-state index in [1.807, 2.05) is 0 Å². The maximum Gasteiger partial charge on any atom is 0.315 e. The minimum atomic E-state index is -0.835. The molecular formula is C14H9ClN4O5. The Morgan fingerprint density at radius 2 is 2.00 bits per heavy atom. The van der Waals surface area contributed by atoms with Crippen LogP contribution in [0.1, 0.15) is 5.69 Å². The maximum atomic E-state index is 10.9. The molecule has 0 aliphatic carbocycles. The summed E-state index contributed by atoms with van der Waals surface area (Å²) in [6, 6.07) is 5.48. The number of pyridine rings is 1. The summed E-state index contributed by atoms with van der Waals surface area (Å²) in [5.41, 5.74) is 0.538. The molecule has 0 saturated carbocycles.